The predicted molar refractivity (Wildman–Crippen MR) is 133 cm³/mol. The minimum absolute atomic E-state index is 0.0850. The van der Waals surface area contributed by atoms with Crippen LogP contribution in [0, 0.1) is 18.7 Å². The number of carbonyl (C=O) groups is 2. The SMILES string of the molecule is Cc1ccc(C(=O)NCCC(O)CN2CCC(c3ccc(C(F)(F)F)cc3F)C2)cc1CC(=O)C(C)C. The summed E-state index contributed by atoms with van der Waals surface area (Å²) in [6.07, 6.45) is -4.15. The largest absolute Gasteiger partial charge is 0.416 e. The molecule has 0 radical (unpaired) electrons. The van der Waals surface area contributed by atoms with Gasteiger partial charge in [-0.1, -0.05) is 26.0 Å². The first-order valence-corrected chi connectivity index (χ1v) is 12.5. The molecule has 0 bridgehead atoms. The van der Waals surface area contributed by atoms with Gasteiger partial charge in [0.25, 0.3) is 5.91 Å². The minimum atomic E-state index is -4.59. The van der Waals surface area contributed by atoms with Gasteiger partial charge in [-0.15, -0.1) is 0 Å². The van der Waals surface area contributed by atoms with Crippen LogP contribution in [-0.2, 0) is 17.4 Å². The highest BCUT2D eigenvalue weighted by atomic mass is 19.4. The van der Waals surface area contributed by atoms with Crippen LogP contribution >= 0.6 is 0 Å². The van der Waals surface area contributed by atoms with Crippen molar-refractivity contribution in [3.63, 3.8) is 0 Å². The number of aliphatic hydroxyl groups excluding tert-OH is 1. The molecule has 1 heterocycles. The summed E-state index contributed by atoms with van der Waals surface area (Å²) in [6.45, 7) is 7.18. The van der Waals surface area contributed by atoms with Crippen molar-refractivity contribution in [3.05, 3.63) is 70.0 Å². The van der Waals surface area contributed by atoms with Gasteiger partial charge in [-0.3, -0.25) is 9.59 Å². The fraction of sp³-hybridized carbons (Fsp3) is 0.500. The highest BCUT2D eigenvalue weighted by Gasteiger charge is 2.33. The van der Waals surface area contributed by atoms with E-state index >= 15 is 0 Å². The molecule has 202 valence electrons. The predicted octanol–water partition coefficient (Wildman–Crippen LogP) is 4.89. The quantitative estimate of drug-likeness (QED) is 0.436. The van der Waals surface area contributed by atoms with Gasteiger partial charge in [0.2, 0.25) is 0 Å². The van der Waals surface area contributed by atoms with Crippen LogP contribution < -0.4 is 5.32 Å². The van der Waals surface area contributed by atoms with Crippen LogP contribution in [0.1, 0.15) is 65.2 Å². The molecule has 2 unspecified atom stereocenters. The van der Waals surface area contributed by atoms with Gasteiger partial charge < -0.3 is 15.3 Å². The molecule has 2 N–H and O–H groups in total. The lowest BCUT2D eigenvalue weighted by molar-refractivity contribution is -0.137. The summed E-state index contributed by atoms with van der Waals surface area (Å²) in [6, 6.07) is 7.89. The number of nitrogens with one attached hydrogen (secondary N) is 1. The van der Waals surface area contributed by atoms with E-state index in [2.05, 4.69) is 5.32 Å². The third kappa shape index (κ3) is 7.85. The summed E-state index contributed by atoms with van der Waals surface area (Å²) in [7, 11) is 0. The van der Waals surface area contributed by atoms with Crippen molar-refractivity contribution in [2.24, 2.45) is 5.92 Å². The van der Waals surface area contributed by atoms with Crippen molar-refractivity contribution in [3.8, 4) is 0 Å². The molecule has 0 aliphatic carbocycles. The molecule has 37 heavy (non-hydrogen) atoms. The molecule has 2 atom stereocenters. The van der Waals surface area contributed by atoms with E-state index in [4.69, 9.17) is 0 Å². The number of Topliss-reactive ketones (excluding diaryl/α,β-unsaturated/α-hetero) is 1. The second kappa shape index (κ2) is 12.2. The minimum Gasteiger partial charge on any atom is -0.392 e. The summed E-state index contributed by atoms with van der Waals surface area (Å²) in [5.74, 6) is -1.37. The maximum Gasteiger partial charge on any atom is 0.416 e. The number of ketones is 1. The second-order valence-corrected chi connectivity index (χ2v) is 10.1. The highest BCUT2D eigenvalue weighted by Crippen LogP contribution is 2.34. The van der Waals surface area contributed by atoms with E-state index in [1.54, 1.807) is 12.1 Å². The Balaban J connectivity index is 1.46. The standard InChI is InChI=1S/C28H34F4N2O3/c1-17(2)26(36)13-21-12-19(5-4-18(21)3)27(37)33-10-8-23(35)16-34-11-9-20(15-34)24-7-6-22(14-25(24)29)28(30,31)32/h4-7,12,14,17,20,23,35H,8-11,13,15-16H2,1-3H3,(H,33,37). The van der Waals surface area contributed by atoms with Crippen LogP contribution in [0.4, 0.5) is 17.6 Å². The van der Waals surface area contributed by atoms with E-state index in [0.717, 1.165) is 17.2 Å². The molecule has 2 aromatic carbocycles. The van der Waals surface area contributed by atoms with E-state index < -0.39 is 23.7 Å². The summed E-state index contributed by atoms with van der Waals surface area (Å²) in [5.41, 5.74) is 1.46. The zero-order valence-electron chi connectivity index (χ0n) is 21.4. The average molecular weight is 523 g/mol. The number of aliphatic hydroxyl groups is 1. The van der Waals surface area contributed by atoms with Crippen molar-refractivity contribution in [1.29, 1.82) is 0 Å². The van der Waals surface area contributed by atoms with E-state index in [1.165, 1.54) is 6.07 Å². The lowest BCUT2D eigenvalue weighted by atomic mass is 9.96. The van der Waals surface area contributed by atoms with Crippen LogP contribution in [0.15, 0.2) is 36.4 Å². The zero-order valence-corrected chi connectivity index (χ0v) is 21.4. The number of nitrogens with zero attached hydrogens (tertiary/aromatic N) is 1. The lowest BCUT2D eigenvalue weighted by Crippen LogP contribution is -2.34. The number of alkyl halides is 3. The molecule has 1 fully saturated rings. The van der Waals surface area contributed by atoms with Crippen LogP contribution in [0.5, 0.6) is 0 Å². The summed E-state index contributed by atoms with van der Waals surface area (Å²) < 4.78 is 52.7. The molecule has 9 heteroatoms. The highest BCUT2D eigenvalue weighted by molar-refractivity contribution is 5.94. The normalized spacial score (nSPS) is 17.3. The first-order chi connectivity index (χ1) is 17.3. The lowest BCUT2D eigenvalue weighted by Gasteiger charge is -2.20. The third-order valence-corrected chi connectivity index (χ3v) is 6.89. The maximum absolute atomic E-state index is 14.3. The van der Waals surface area contributed by atoms with Gasteiger partial charge >= 0.3 is 6.18 Å². The van der Waals surface area contributed by atoms with Crippen molar-refractivity contribution >= 4 is 11.7 Å². The molecule has 1 aliphatic heterocycles. The van der Waals surface area contributed by atoms with Crippen molar-refractivity contribution in [2.75, 3.05) is 26.2 Å². The summed E-state index contributed by atoms with van der Waals surface area (Å²) >= 11 is 0. The molecule has 2 aromatic rings. The van der Waals surface area contributed by atoms with Gasteiger partial charge in [0.15, 0.2) is 0 Å². The molecule has 0 saturated carbocycles. The molecule has 1 amide bonds. The van der Waals surface area contributed by atoms with Gasteiger partial charge in [-0.25, -0.2) is 4.39 Å². The number of amides is 1. The van der Waals surface area contributed by atoms with Crippen molar-refractivity contribution in [1.82, 2.24) is 10.2 Å². The maximum atomic E-state index is 14.3. The molecule has 3 rings (SSSR count). The Morgan fingerprint density at radius 1 is 1.16 bits per heavy atom. The molecule has 0 aromatic heterocycles. The molecule has 5 nitrogen and oxygen atoms in total. The first-order valence-electron chi connectivity index (χ1n) is 12.5. The number of likely N-dealkylation sites (tertiary alicyclic amines) is 1. The van der Waals surface area contributed by atoms with Crippen LogP contribution in [0.3, 0.4) is 0 Å². The van der Waals surface area contributed by atoms with E-state index in [1.807, 2.05) is 31.7 Å². The number of β-amino-alcohol motifs (C(OH)–C–C–N with tert-alkyl or cyclic N) is 1. The Morgan fingerprint density at radius 3 is 2.54 bits per heavy atom. The molecule has 0 spiro atoms. The Morgan fingerprint density at radius 2 is 1.89 bits per heavy atom. The first kappa shape index (κ1) is 28.8. The Bertz CT molecular complexity index is 1120. The number of hydrogen-bond donors (Lipinski definition) is 2. The fourth-order valence-electron chi connectivity index (χ4n) is 4.53. The van der Waals surface area contributed by atoms with Gasteiger partial charge in [0.1, 0.15) is 11.6 Å². The number of hydrogen-bond acceptors (Lipinski definition) is 4. The summed E-state index contributed by atoms with van der Waals surface area (Å²) in [5, 5.41) is 13.2. The number of aryl methyl sites for hydroxylation is 1. The number of benzene rings is 2. The van der Waals surface area contributed by atoms with Gasteiger partial charge in [0.05, 0.1) is 11.7 Å². The van der Waals surface area contributed by atoms with Crippen LogP contribution in [-0.4, -0.2) is 54.0 Å². The van der Waals surface area contributed by atoms with Crippen LogP contribution in [0.25, 0.3) is 0 Å². The molecule has 1 aliphatic rings. The number of carbonyl (C=O) groups excluding carboxylic acids is 2. The van der Waals surface area contributed by atoms with Gasteiger partial charge in [0, 0.05) is 43.5 Å². The van der Waals surface area contributed by atoms with Crippen LogP contribution in [0.2, 0.25) is 0 Å². The average Bonchev–Trinajstić information content (AvgIpc) is 3.27. The molecular formula is C28H34F4N2O3. The smallest absolute Gasteiger partial charge is 0.392 e. The Hall–Kier alpha value is -2.78. The second-order valence-electron chi connectivity index (χ2n) is 10.1. The van der Waals surface area contributed by atoms with Gasteiger partial charge in [-0.2, -0.15) is 13.2 Å². The van der Waals surface area contributed by atoms with Crippen molar-refractivity contribution in [2.45, 2.75) is 58.2 Å². The molecule has 1 saturated heterocycles. The topological polar surface area (TPSA) is 69.6 Å². The zero-order chi connectivity index (χ0) is 27.3. The van der Waals surface area contributed by atoms with E-state index in [0.29, 0.717) is 44.1 Å². The van der Waals surface area contributed by atoms with Gasteiger partial charge in [-0.05, 0) is 67.3 Å². The Labute approximate surface area is 214 Å². The van der Waals surface area contributed by atoms with E-state index in [-0.39, 0.29) is 42.1 Å². The van der Waals surface area contributed by atoms with Crippen molar-refractivity contribution < 1.29 is 32.3 Å². The Kier molecular flexibility index (Phi) is 9.47. The number of halogens is 4. The number of rotatable bonds is 10. The molecular weight excluding hydrogens is 488 g/mol. The fourth-order valence-corrected chi connectivity index (χ4v) is 4.53. The van der Waals surface area contributed by atoms with E-state index in [9.17, 15) is 32.3 Å². The monoisotopic (exact) mass is 522 g/mol. The third-order valence-electron chi connectivity index (χ3n) is 6.89. The summed E-state index contributed by atoms with van der Waals surface area (Å²) in [4.78, 5) is 26.6.